The zero-order valence-electron chi connectivity index (χ0n) is 20.2. The molecule has 0 amide bonds. The Balaban J connectivity index is 1.08. The minimum absolute atomic E-state index is 0.113. The average Bonchev–Trinajstić information content (AvgIpc) is 2.75. The van der Waals surface area contributed by atoms with E-state index in [0.717, 1.165) is 69.6 Å². The van der Waals surface area contributed by atoms with Crippen molar-refractivity contribution in [1.29, 1.82) is 0 Å². The van der Waals surface area contributed by atoms with Gasteiger partial charge in [-0.3, -0.25) is 4.90 Å². The molecule has 1 heterocycles. The molecule has 0 radical (unpaired) electrons. The van der Waals surface area contributed by atoms with E-state index in [4.69, 9.17) is 9.47 Å². The van der Waals surface area contributed by atoms with Gasteiger partial charge in [0.1, 0.15) is 12.2 Å². The van der Waals surface area contributed by atoms with Crippen molar-refractivity contribution in [1.82, 2.24) is 4.90 Å². The summed E-state index contributed by atoms with van der Waals surface area (Å²) in [6.45, 7) is 5.56. The quantitative estimate of drug-likeness (QED) is 0.372. The second-order valence-corrected chi connectivity index (χ2v) is 11.5. The number of hydrogen-bond acceptors (Lipinski definition) is 6. The third-order valence-electron chi connectivity index (χ3n) is 8.80. The van der Waals surface area contributed by atoms with Crippen LogP contribution in [0.15, 0.2) is 0 Å². The average molecular weight is 454 g/mol. The lowest BCUT2D eigenvalue weighted by molar-refractivity contribution is -0.168. The number of rotatable bonds is 13. The second kappa shape index (κ2) is 11.5. The Morgan fingerprint density at radius 1 is 0.906 bits per heavy atom. The lowest BCUT2D eigenvalue weighted by Crippen LogP contribution is -2.63. The molecule has 1 saturated heterocycles. The number of aliphatic hydroxyl groups is 3. The van der Waals surface area contributed by atoms with Crippen LogP contribution in [0, 0.1) is 23.2 Å². The summed E-state index contributed by atoms with van der Waals surface area (Å²) in [6, 6.07) is -0.354. The van der Waals surface area contributed by atoms with Gasteiger partial charge < -0.3 is 24.8 Å². The SMILES string of the molecule is CCCCN1C[C@H](O)[C@@H](OCCCCCOCC23CC4CC(CC(C4)C2)C3)[C@H](O)[C@H]1CO. The molecule has 4 bridgehead atoms. The molecule has 1 aliphatic heterocycles. The highest BCUT2D eigenvalue weighted by Crippen LogP contribution is 2.60. The zero-order chi connectivity index (χ0) is 22.6. The largest absolute Gasteiger partial charge is 0.395 e. The van der Waals surface area contributed by atoms with Gasteiger partial charge in [0.15, 0.2) is 0 Å². The van der Waals surface area contributed by atoms with E-state index in [-0.39, 0.29) is 12.6 Å². The smallest absolute Gasteiger partial charge is 0.112 e. The number of piperidine rings is 1. The molecule has 3 N–H and O–H groups in total. The fraction of sp³-hybridized carbons (Fsp3) is 1.00. The van der Waals surface area contributed by atoms with Crippen LogP contribution in [-0.4, -0.2) is 84.1 Å². The molecule has 4 aliphatic carbocycles. The van der Waals surface area contributed by atoms with Crippen molar-refractivity contribution < 1.29 is 24.8 Å². The van der Waals surface area contributed by atoms with Crippen molar-refractivity contribution >= 4 is 0 Å². The number of ether oxygens (including phenoxy) is 2. The second-order valence-electron chi connectivity index (χ2n) is 11.5. The van der Waals surface area contributed by atoms with Crippen molar-refractivity contribution in [3.05, 3.63) is 0 Å². The van der Waals surface area contributed by atoms with E-state index in [1.807, 2.05) is 4.90 Å². The molecular weight excluding hydrogens is 406 g/mol. The van der Waals surface area contributed by atoms with Gasteiger partial charge in [-0.25, -0.2) is 0 Å². The molecule has 0 aromatic heterocycles. The Labute approximate surface area is 194 Å². The van der Waals surface area contributed by atoms with Gasteiger partial charge in [-0.05, 0) is 93.9 Å². The molecule has 4 saturated carbocycles. The van der Waals surface area contributed by atoms with Crippen LogP contribution in [0.3, 0.4) is 0 Å². The summed E-state index contributed by atoms with van der Waals surface area (Å²) in [4.78, 5) is 2.00. The minimum Gasteiger partial charge on any atom is -0.395 e. The predicted molar refractivity (Wildman–Crippen MR) is 124 cm³/mol. The van der Waals surface area contributed by atoms with Gasteiger partial charge in [-0.2, -0.15) is 0 Å². The van der Waals surface area contributed by atoms with E-state index in [9.17, 15) is 15.3 Å². The van der Waals surface area contributed by atoms with Crippen LogP contribution in [0.1, 0.15) is 77.6 Å². The maximum Gasteiger partial charge on any atom is 0.112 e. The summed E-state index contributed by atoms with van der Waals surface area (Å²) in [6.07, 6.45) is 11.5. The van der Waals surface area contributed by atoms with Crippen LogP contribution in [-0.2, 0) is 9.47 Å². The van der Waals surface area contributed by atoms with Gasteiger partial charge in [0, 0.05) is 19.8 Å². The lowest BCUT2D eigenvalue weighted by Gasteiger charge is -2.56. The summed E-state index contributed by atoms with van der Waals surface area (Å²) in [5.74, 6) is 2.95. The fourth-order valence-corrected chi connectivity index (χ4v) is 7.65. The van der Waals surface area contributed by atoms with Crippen LogP contribution < -0.4 is 0 Å². The van der Waals surface area contributed by atoms with E-state index >= 15 is 0 Å². The molecule has 4 atom stereocenters. The van der Waals surface area contributed by atoms with Crippen LogP contribution in [0.4, 0.5) is 0 Å². The van der Waals surface area contributed by atoms with Crippen molar-refractivity contribution in [2.24, 2.45) is 23.2 Å². The number of unbranched alkanes of at least 4 members (excludes halogenated alkanes) is 3. The highest BCUT2D eigenvalue weighted by Gasteiger charge is 2.50. The number of hydrogen-bond donors (Lipinski definition) is 3. The Hall–Kier alpha value is -0.240. The summed E-state index contributed by atoms with van der Waals surface area (Å²) in [5, 5.41) is 30.9. The Morgan fingerprint density at radius 3 is 2.19 bits per heavy atom. The first-order valence-corrected chi connectivity index (χ1v) is 13.4. The molecule has 0 unspecified atom stereocenters. The maximum atomic E-state index is 10.7. The molecule has 0 aromatic rings. The number of β-amino-alcohol motifs (C(OH)–C–C–N with tert-alkyl or cyclic N) is 1. The number of aliphatic hydroxyl groups excluding tert-OH is 3. The molecule has 6 heteroatoms. The van der Waals surface area contributed by atoms with Crippen LogP contribution in [0.25, 0.3) is 0 Å². The molecule has 5 aliphatic rings. The molecule has 186 valence electrons. The molecule has 5 fully saturated rings. The highest BCUT2D eigenvalue weighted by atomic mass is 16.5. The van der Waals surface area contributed by atoms with Crippen LogP contribution >= 0.6 is 0 Å². The first-order valence-electron chi connectivity index (χ1n) is 13.4. The van der Waals surface area contributed by atoms with Crippen LogP contribution in [0.2, 0.25) is 0 Å². The normalized spacial score (nSPS) is 41.4. The van der Waals surface area contributed by atoms with E-state index in [1.54, 1.807) is 0 Å². The fourth-order valence-electron chi connectivity index (χ4n) is 7.65. The van der Waals surface area contributed by atoms with Crippen LogP contribution in [0.5, 0.6) is 0 Å². The monoisotopic (exact) mass is 453 g/mol. The first kappa shape index (κ1) is 24.9. The lowest BCUT2D eigenvalue weighted by atomic mass is 9.50. The summed E-state index contributed by atoms with van der Waals surface area (Å²) < 4.78 is 12.1. The Kier molecular flexibility index (Phi) is 8.91. The minimum atomic E-state index is -0.857. The van der Waals surface area contributed by atoms with Gasteiger partial charge in [0.2, 0.25) is 0 Å². The van der Waals surface area contributed by atoms with Crippen molar-refractivity contribution in [3.63, 3.8) is 0 Å². The Morgan fingerprint density at radius 2 is 1.56 bits per heavy atom. The van der Waals surface area contributed by atoms with E-state index in [0.29, 0.717) is 18.6 Å². The van der Waals surface area contributed by atoms with Gasteiger partial charge in [0.25, 0.3) is 0 Å². The standard InChI is InChI=1S/C26H47NO5/c1-2-3-7-27-16-23(29)25(24(30)22(27)17-28)32-9-6-4-5-8-31-18-26-13-19-10-20(14-26)12-21(11-19)15-26/h19-25,28-30H,2-18H2,1H3/t19?,20?,21?,22-,23+,24-,25-,26?/m1/s1. The molecule has 6 nitrogen and oxygen atoms in total. The van der Waals surface area contributed by atoms with E-state index in [1.165, 1.54) is 38.5 Å². The van der Waals surface area contributed by atoms with E-state index in [2.05, 4.69) is 6.92 Å². The summed E-state index contributed by atoms with van der Waals surface area (Å²) >= 11 is 0. The predicted octanol–water partition coefficient (Wildman–Crippen LogP) is 2.97. The molecule has 5 rings (SSSR count). The van der Waals surface area contributed by atoms with Gasteiger partial charge in [-0.1, -0.05) is 13.3 Å². The van der Waals surface area contributed by atoms with Gasteiger partial charge >= 0.3 is 0 Å². The highest BCUT2D eigenvalue weighted by molar-refractivity contribution is 5.01. The maximum absolute atomic E-state index is 10.7. The van der Waals surface area contributed by atoms with Gasteiger partial charge in [-0.15, -0.1) is 0 Å². The third-order valence-corrected chi connectivity index (χ3v) is 8.80. The number of likely N-dealkylation sites (tertiary alicyclic amines) is 1. The summed E-state index contributed by atoms with van der Waals surface area (Å²) in [5.41, 5.74) is 0.499. The zero-order valence-corrected chi connectivity index (χ0v) is 20.2. The molecular formula is C26H47NO5. The topological polar surface area (TPSA) is 82.4 Å². The summed E-state index contributed by atoms with van der Waals surface area (Å²) in [7, 11) is 0. The van der Waals surface area contributed by atoms with E-state index < -0.39 is 18.3 Å². The van der Waals surface area contributed by atoms with Crippen molar-refractivity contribution in [2.75, 3.05) is 39.5 Å². The number of nitrogens with zero attached hydrogens (tertiary/aromatic N) is 1. The van der Waals surface area contributed by atoms with Crippen molar-refractivity contribution in [2.45, 2.75) is 102 Å². The first-order chi connectivity index (χ1) is 15.5. The molecule has 32 heavy (non-hydrogen) atoms. The Bertz CT molecular complexity index is 537. The molecule has 0 spiro atoms. The van der Waals surface area contributed by atoms with Gasteiger partial charge in [0.05, 0.1) is 25.4 Å². The molecule has 0 aromatic carbocycles. The van der Waals surface area contributed by atoms with Crippen molar-refractivity contribution in [3.8, 4) is 0 Å². The third kappa shape index (κ3) is 5.87.